The fourth-order valence-electron chi connectivity index (χ4n) is 3.60. The number of phenolic OH excluding ortho intramolecular Hbond substituents is 2. The minimum Gasteiger partial charge on any atom is -0.507 e. The molecule has 1 aromatic heterocycles. The van der Waals surface area contributed by atoms with Crippen LogP contribution in [0.2, 0.25) is 0 Å². The highest BCUT2D eigenvalue weighted by atomic mass is 35.5. The van der Waals surface area contributed by atoms with Gasteiger partial charge < -0.3 is 21.7 Å². The number of carbonyl (C=O) groups is 2. The number of ketones is 2. The number of fused-ring (bicyclic) bond motifs is 2. The Balaban J connectivity index is 0.000000198. The summed E-state index contributed by atoms with van der Waals surface area (Å²) in [5.74, 6) is -0.723. The molecule has 0 atom stereocenters. The van der Waals surface area contributed by atoms with Crippen molar-refractivity contribution in [2.75, 3.05) is 11.5 Å². The van der Waals surface area contributed by atoms with Gasteiger partial charge in [0, 0.05) is 11.1 Å². The molecule has 1 aliphatic carbocycles. The SMILES string of the molecule is Cc1cc(O)c2c(c1)C(=O)c1cccc(O)c1C2=O.Cl.Nc1ccc(N=Nc2ccccc2)c(N)n1. The number of carbonyl (C=O) groups excluding carboxylic acids is 2. The highest BCUT2D eigenvalue weighted by molar-refractivity contribution is 6.30. The van der Waals surface area contributed by atoms with Gasteiger partial charge in [-0.05, 0) is 55.0 Å². The molecule has 1 heterocycles. The Morgan fingerprint density at radius 2 is 1.44 bits per heavy atom. The molecular formula is C26H22ClN5O4. The van der Waals surface area contributed by atoms with E-state index in [0.717, 1.165) is 5.69 Å². The number of nitrogens with zero attached hydrogens (tertiary/aromatic N) is 3. The smallest absolute Gasteiger partial charge is 0.201 e. The number of azo groups is 1. The first-order chi connectivity index (χ1) is 16.8. The molecule has 0 bridgehead atoms. The highest BCUT2D eigenvalue weighted by Crippen LogP contribution is 2.36. The van der Waals surface area contributed by atoms with Crippen molar-refractivity contribution in [3.63, 3.8) is 0 Å². The van der Waals surface area contributed by atoms with Gasteiger partial charge in [-0.15, -0.1) is 17.5 Å². The first-order valence-corrected chi connectivity index (χ1v) is 10.5. The fraction of sp³-hybridized carbons (Fsp3) is 0.0385. The van der Waals surface area contributed by atoms with Crippen LogP contribution in [0.1, 0.15) is 37.4 Å². The van der Waals surface area contributed by atoms with E-state index in [1.165, 1.54) is 24.3 Å². The lowest BCUT2D eigenvalue weighted by molar-refractivity contribution is 0.0974. The van der Waals surface area contributed by atoms with E-state index in [-0.39, 0.29) is 57.8 Å². The van der Waals surface area contributed by atoms with Gasteiger partial charge in [0.25, 0.3) is 0 Å². The zero-order valence-corrected chi connectivity index (χ0v) is 19.9. The zero-order valence-electron chi connectivity index (χ0n) is 19.0. The number of hydrogen-bond acceptors (Lipinski definition) is 9. The molecule has 0 spiro atoms. The third-order valence-corrected chi connectivity index (χ3v) is 5.20. The first-order valence-electron chi connectivity index (χ1n) is 10.5. The number of aromatic nitrogens is 1. The summed E-state index contributed by atoms with van der Waals surface area (Å²) in [6.07, 6.45) is 0. The normalized spacial score (nSPS) is 11.7. The van der Waals surface area contributed by atoms with Crippen LogP contribution < -0.4 is 11.5 Å². The van der Waals surface area contributed by atoms with E-state index >= 15 is 0 Å². The number of phenols is 2. The largest absolute Gasteiger partial charge is 0.507 e. The van der Waals surface area contributed by atoms with Gasteiger partial charge >= 0.3 is 0 Å². The number of pyridine rings is 1. The summed E-state index contributed by atoms with van der Waals surface area (Å²) in [5.41, 5.74) is 13.4. The molecule has 10 heteroatoms. The van der Waals surface area contributed by atoms with Crippen molar-refractivity contribution in [3.8, 4) is 11.5 Å². The maximum absolute atomic E-state index is 12.3. The van der Waals surface area contributed by atoms with Crippen LogP contribution in [-0.4, -0.2) is 26.8 Å². The van der Waals surface area contributed by atoms with Crippen LogP contribution >= 0.6 is 12.4 Å². The Bertz CT molecular complexity index is 1490. The topological polar surface area (TPSA) is 164 Å². The quantitative estimate of drug-likeness (QED) is 0.238. The van der Waals surface area contributed by atoms with Gasteiger partial charge in [0.05, 0.1) is 16.8 Å². The predicted molar refractivity (Wildman–Crippen MR) is 139 cm³/mol. The average molecular weight is 504 g/mol. The third-order valence-electron chi connectivity index (χ3n) is 5.20. The Morgan fingerprint density at radius 3 is 2.14 bits per heavy atom. The molecule has 0 saturated heterocycles. The minimum absolute atomic E-state index is 0. The summed E-state index contributed by atoms with van der Waals surface area (Å²) in [6.45, 7) is 1.73. The summed E-state index contributed by atoms with van der Waals surface area (Å²) in [5, 5.41) is 27.7. The van der Waals surface area contributed by atoms with Crippen molar-refractivity contribution < 1.29 is 19.8 Å². The molecule has 0 radical (unpaired) electrons. The van der Waals surface area contributed by atoms with E-state index in [1.807, 2.05) is 30.3 Å². The fourth-order valence-corrected chi connectivity index (χ4v) is 3.60. The molecule has 0 unspecified atom stereocenters. The van der Waals surface area contributed by atoms with Crippen molar-refractivity contribution >= 4 is 47.0 Å². The van der Waals surface area contributed by atoms with Gasteiger partial charge in [-0.3, -0.25) is 9.59 Å². The second-order valence-corrected chi connectivity index (χ2v) is 7.74. The summed E-state index contributed by atoms with van der Waals surface area (Å²) in [7, 11) is 0. The number of hydrogen-bond donors (Lipinski definition) is 4. The average Bonchev–Trinajstić information content (AvgIpc) is 2.82. The zero-order chi connectivity index (χ0) is 25.1. The van der Waals surface area contributed by atoms with Crippen molar-refractivity contribution in [1.29, 1.82) is 0 Å². The van der Waals surface area contributed by atoms with Crippen LogP contribution in [0.3, 0.4) is 0 Å². The second kappa shape index (κ2) is 10.7. The van der Waals surface area contributed by atoms with E-state index in [9.17, 15) is 19.8 Å². The number of rotatable bonds is 2. The van der Waals surface area contributed by atoms with E-state index < -0.39 is 5.78 Å². The molecule has 6 N–H and O–H groups in total. The molecular weight excluding hydrogens is 482 g/mol. The molecule has 0 amide bonds. The molecule has 1 aliphatic rings. The lowest BCUT2D eigenvalue weighted by Crippen LogP contribution is -2.21. The lowest BCUT2D eigenvalue weighted by Gasteiger charge is -2.19. The number of halogens is 1. The maximum atomic E-state index is 12.3. The van der Waals surface area contributed by atoms with Crippen LogP contribution in [0.25, 0.3) is 0 Å². The molecule has 4 aromatic rings. The third kappa shape index (κ3) is 5.16. The summed E-state index contributed by atoms with van der Waals surface area (Å²) in [4.78, 5) is 28.6. The van der Waals surface area contributed by atoms with Crippen LogP contribution in [0, 0.1) is 6.92 Å². The van der Waals surface area contributed by atoms with Gasteiger partial charge in [-0.25, -0.2) is 4.98 Å². The van der Waals surface area contributed by atoms with Crippen molar-refractivity contribution in [3.05, 3.63) is 101 Å². The van der Waals surface area contributed by atoms with Crippen molar-refractivity contribution in [2.45, 2.75) is 6.92 Å². The monoisotopic (exact) mass is 503 g/mol. The molecule has 0 saturated carbocycles. The van der Waals surface area contributed by atoms with Gasteiger partial charge in [0.15, 0.2) is 11.6 Å². The molecule has 5 rings (SSSR count). The number of nitrogen functional groups attached to an aromatic ring is 2. The van der Waals surface area contributed by atoms with Gasteiger partial charge in [-0.2, -0.15) is 5.11 Å². The van der Waals surface area contributed by atoms with Crippen LogP contribution in [0.5, 0.6) is 11.5 Å². The Morgan fingerprint density at radius 1 is 0.750 bits per heavy atom. The second-order valence-electron chi connectivity index (χ2n) is 7.74. The molecule has 182 valence electrons. The number of anilines is 2. The minimum atomic E-state index is -0.528. The molecule has 0 aliphatic heterocycles. The Labute approximate surface area is 212 Å². The number of aryl methyl sites for hydroxylation is 1. The standard InChI is InChI=1S/C15H10O4.C11H11N5.ClH/c1-7-5-9-13(11(17)6-7)15(19)12-8(14(9)18)3-2-4-10(12)16;12-10-7-6-9(11(13)14-10)16-15-8-4-2-1-3-5-8;/h2-6,16-17H,1H3;1-7H,(H4,12,13,14);1H. The summed E-state index contributed by atoms with van der Waals surface area (Å²) >= 11 is 0. The Kier molecular flexibility index (Phi) is 7.66. The number of nitrogens with two attached hydrogens (primary N) is 2. The van der Waals surface area contributed by atoms with Crippen LogP contribution in [0.4, 0.5) is 23.0 Å². The number of benzene rings is 3. The summed E-state index contributed by atoms with van der Waals surface area (Å²) < 4.78 is 0. The number of aromatic hydroxyl groups is 2. The molecule has 0 fully saturated rings. The molecule has 9 nitrogen and oxygen atoms in total. The van der Waals surface area contributed by atoms with Gasteiger partial charge in [0.1, 0.15) is 23.0 Å². The van der Waals surface area contributed by atoms with Crippen LogP contribution in [-0.2, 0) is 0 Å². The van der Waals surface area contributed by atoms with Gasteiger partial charge in [0.2, 0.25) is 5.78 Å². The maximum Gasteiger partial charge on any atom is 0.201 e. The van der Waals surface area contributed by atoms with E-state index in [2.05, 4.69) is 15.2 Å². The van der Waals surface area contributed by atoms with E-state index in [1.54, 1.807) is 25.1 Å². The van der Waals surface area contributed by atoms with Crippen LogP contribution in [0.15, 0.2) is 83.0 Å². The molecule has 36 heavy (non-hydrogen) atoms. The van der Waals surface area contributed by atoms with E-state index in [0.29, 0.717) is 17.1 Å². The van der Waals surface area contributed by atoms with Crippen molar-refractivity contribution in [2.24, 2.45) is 10.2 Å². The molecule has 3 aromatic carbocycles. The Hall–Kier alpha value is -4.76. The predicted octanol–water partition coefficient (Wildman–Crippen LogP) is 5.26. The highest BCUT2D eigenvalue weighted by Gasteiger charge is 2.34. The first kappa shape index (κ1) is 25.9. The lowest BCUT2D eigenvalue weighted by atomic mass is 9.82. The van der Waals surface area contributed by atoms with Gasteiger partial charge in [-0.1, -0.05) is 30.3 Å². The summed E-state index contributed by atoms with van der Waals surface area (Å²) in [6, 6.07) is 20.1. The van der Waals surface area contributed by atoms with E-state index in [4.69, 9.17) is 11.5 Å². The van der Waals surface area contributed by atoms with Crippen molar-refractivity contribution in [1.82, 2.24) is 4.98 Å².